The van der Waals surface area contributed by atoms with Gasteiger partial charge in [0.15, 0.2) is 0 Å². The van der Waals surface area contributed by atoms with Crippen molar-refractivity contribution >= 4 is 11.9 Å². The fourth-order valence-corrected chi connectivity index (χ4v) is 4.28. The second-order valence-electron chi connectivity index (χ2n) is 7.16. The summed E-state index contributed by atoms with van der Waals surface area (Å²) in [6.07, 6.45) is 2.17. The maximum Gasteiger partial charge on any atom is 0.311 e. The molecule has 2 aromatic rings. The fourth-order valence-electron chi connectivity index (χ4n) is 4.28. The summed E-state index contributed by atoms with van der Waals surface area (Å²) >= 11 is 0. The first-order chi connectivity index (χ1) is 12.9. The highest BCUT2D eigenvalue weighted by Gasteiger charge is 2.55. The predicted octanol–water partition coefficient (Wildman–Crippen LogP) is 1.70. The second-order valence-corrected chi connectivity index (χ2v) is 7.16. The number of halogens is 1. The topological polar surface area (TPSA) is 92.5 Å². The van der Waals surface area contributed by atoms with E-state index in [4.69, 9.17) is 0 Å². The van der Waals surface area contributed by atoms with Crippen molar-refractivity contribution in [1.29, 1.82) is 0 Å². The zero-order chi connectivity index (χ0) is 19.2. The Labute approximate surface area is 154 Å². The van der Waals surface area contributed by atoms with Gasteiger partial charge in [0.05, 0.1) is 5.41 Å². The highest BCUT2D eigenvalue weighted by atomic mass is 19.1. The lowest BCUT2D eigenvalue weighted by molar-refractivity contribution is -0.149. The average molecular weight is 371 g/mol. The van der Waals surface area contributed by atoms with Crippen LogP contribution in [0.15, 0.2) is 41.2 Å². The van der Waals surface area contributed by atoms with Gasteiger partial charge in [-0.25, -0.2) is 4.39 Å². The van der Waals surface area contributed by atoms with Crippen molar-refractivity contribution in [3.63, 3.8) is 0 Å². The van der Waals surface area contributed by atoms with Gasteiger partial charge in [-0.2, -0.15) is 9.78 Å². The Hall–Kier alpha value is -3.03. The van der Waals surface area contributed by atoms with Crippen LogP contribution in [0.1, 0.15) is 29.8 Å². The lowest BCUT2D eigenvalue weighted by Gasteiger charge is -2.23. The van der Waals surface area contributed by atoms with Crippen LogP contribution < -0.4 is 5.56 Å². The van der Waals surface area contributed by atoms with Gasteiger partial charge in [0.2, 0.25) is 0 Å². The van der Waals surface area contributed by atoms with E-state index in [0.717, 1.165) is 23.6 Å². The Balaban J connectivity index is 1.66. The smallest absolute Gasteiger partial charge is 0.311 e. The van der Waals surface area contributed by atoms with Gasteiger partial charge < -0.3 is 10.0 Å². The predicted molar refractivity (Wildman–Crippen MR) is 93.1 cm³/mol. The van der Waals surface area contributed by atoms with Crippen LogP contribution in [0.3, 0.4) is 0 Å². The minimum Gasteiger partial charge on any atom is -0.481 e. The Morgan fingerprint density at radius 2 is 2.00 bits per heavy atom. The summed E-state index contributed by atoms with van der Waals surface area (Å²) in [6, 6.07) is 8.13. The molecule has 27 heavy (non-hydrogen) atoms. The molecule has 0 radical (unpaired) electrons. The van der Waals surface area contributed by atoms with Crippen LogP contribution >= 0.6 is 0 Å². The zero-order valence-electron chi connectivity index (χ0n) is 14.5. The molecule has 2 heterocycles. The number of para-hydroxylation sites is 1. The van der Waals surface area contributed by atoms with Crippen LogP contribution in [0.2, 0.25) is 0 Å². The molecule has 0 bridgehead atoms. The molecule has 2 aliphatic rings. The van der Waals surface area contributed by atoms with Gasteiger partial charge in [-0.05, 0) is 37.0 Å². The van der Waals surface area contributed by atoms with Gasteiger partial charge in [0, 0.05) is 19.2 Å². The number of hydrogen-bond acceptors (Lipinski definition) is 4. The summed E-state index contributed by atoms with van der Waals surface area (Å²) in [5.74, 6) is -2.02. The Morgan fingerprint density at radius 3 is 2.70 bits per heavy atom. The van der Waals surface area contributed by atoms with Crippen LogP contribution in [0.5, 0.6) is 0 Å². The van der Waals surface area contributed by atoms with Crippen molar-refractivity contribution in [2.24, 2.45) is 11.3 Å². The third kappa shape index (κ3) is 2.72. The quantitative estimate of drug-likeness (QED) is 0.887. The van der Waals surface area contributed by atoms with Gasteiger partial charge in [-0.1, -0.05) is 18.6 Å². The van der Waals surface area contributed by atoms with Crippen LogP contribution in [-0.4, -0.2) is 44.8 Å². The van der Waals surface area contributed by atoms with Gasteiger partial charge in [0.1, 0.15) is 17.2 Å². The summed E-state index contributed by atoms with van der Waals surface area (Å²) in [4.78, 5) is 38.3. The maximum absolute atomic E-state index is 14.0. The molecule has 1 saturated carbocycles. The van der Waals surface area contributed by atoms with Gasteiger partial charge in [-0.15, -0.1) is 0 Å². The molecule has 1 aromatic carbocycles. The Kier molecular flexibility index (Phi) is 4.05. The summed E-state index contributed by atoms with van der Waals surface area (Å²) in [7, 11) is 0. The van der Waals surface area contributed by atoms with E-state index >= 15 is 0 Å². The van der Waals surface area contributed by atoms with Crippen molar-refractivity contribution in [3.05, 3.63) is 58.3 Å². The number of nitrogens with zero attached hydrogens (tertiary/aromatic N) is 3. The summed E-state index contributed by atoms with van der Waals surface area (Å²) in [6.45, 7) is 0.484. The monoisotopic (exact) mass is 371 g/mol. The third-order valence-electron chi connectivity index (χ3n) is 5.68. The highest BCUT2D eigenvalue weighted by Crippen LogP contribution is 2.49. The average Bonchev–Trinajstić information content (AvgIpc) is 3.21. The number of hydrogen-bond donors (Lipinski definition) is 1. The largest absolute Gasteiger partial charge is 0.481 e. The molecule has 1 amide bonds. The summed E-state index contributed by atoms with van der Waals surface area (Å²) in [5.41, 5.74) is -1.51. The van der Waals surface area contributed by atoms with Crippen LogP contribution in [0, 0.1) is 17.2 Å². The van der Waals surface area contributed by atoms with Crippen molar-refractivity contribution in [2.75, 3.05) is 13.1 Å². The number of carboxylic acid groups (broad SMARTS) is 1. The SMILES string of the molecule is O=C(c1ccc(=O)n(-c2ccccc2F)n1)N1C[C@@H]2CCC[C@@]2(C(=O)O)C1. The van der Waals surface area contributed by atoms with Crippen molar-refractivity contribution in [1.82, 2.24) is 14.7 Å². The van der Waals surface area contributed by atoms with Crippen molar-refractivity contribution in [2.45, 2.75) is 19.3 Å². The molecule has 7 nitrogen and oxygen atoms in total. The molecule has 0 unspecified atom stereocenters. The number of carbonyl (C=O) groups is 2. The minimum absolute atomic E-state index is 0.0154. The molecule has 1 aromatic heterocycles. The molecular formula is C19H18FN3O4. The zero-order valence-corrected chi connectivity index (χ0v) is 14.5. The molecule has 0 spiro atoms. The Bertz CT molecular complexity index is 989. The van der Waals surface area contributed by atoms with E-state index in [2.05, 4.69) is 5.10 Å². The van der Waals surface area contributed by atoms with E-state index in [9.17, 15) is 23.9 Å². The van der Waals surface area contributed by atoms with E-state index in [1.807, 2.05) is 0 Å². The van der Waals surface area contributed by atoms with Crippen LogP contribution in [0.4, 0.5) is 4.39 Å². The number of likely N-dealkylation sites (tertiary alicyclic amines) is 1. The van der Waals surface area contributed by atoms with Gasteiger partial charge in [-0.3, -0.25) is 14.4 Å². The molecule has 2 atom stereocenters. The van der Waals surface area contributed by atoms with Crippen molar-refractivity contribution < 1.29 is 19.1 Å². The Morgan fingerprint density at radius 1 is 1.22 bits per heavy atom. The van der Waals surface area contributed by atoms with Crippen LogP contribution in [-0.2, 0) is 4.79 Å². The number of carboxylic acids is 1. The van der Waals surface area contributed by atoms with Crippen LogP contribution in [0.25, 0.3) is 5.69 Å². The minimum atomic E-state index is -0.893. The lowest BCUT2D eigenvalue weighted by atomic mass is 9.81. The molecule has 1 aliphatic carbocycles. The first kappa shape index (κ1) is 17.4. The number of aromatic nitrogens is 2. The molecule has 8 heteroatoms. The highest BCUT2D eigenvalue weighted by molar-refractivity contribution is 5.93. The lowest BCUT2D eigenvalue weighted by Crippen LogP contribution is -2.38. The van der Waals surface area contributed by atoms with E-state index in [1.165, 1.54) is 29.2 Å². The van der Waals surface area contributed by atoms with E-state index < -0.39 is 28.7 Å². The van der Waals surface area contributed by atoms with E-state index in [0.29, 0.717) is 13.0 Å². The molecular weight excluding hydrogens is 353 g/mol. The molecule has 2 fully saturated rings. The molecule has 4 rings (SSSR count). The summed E-state index contributed by atoms with van der Waals surface area (Å²) < 4.78 is 14.9. The van der Waals surface area contributed by atoms with E-state index in [1.54, 1.807) is 6.07 Å². The molecule has 1 N–H and O–H groups in total. The number of aliphatic carboxylic acids is 1. The maximum atomic E-state index is 14.0. The first-order valence-corrected chi connectivity index (χ1v) is 8.80. The van der Waals surface area contributed by atoms with E-state index in [-0.39, 0.29) is 23.8 Å². The number of rotatable bonds is 3. The number of carbonyl (C=O) groups excluding carboxylic acids is 1. The number of benzene rings is 1. The standard InChI is InChI=1S/C19H18FN3O4/c20-13-5-1-2-6-15(13)23-16(24)8-7-14(21-23)17(25)22-10-12-4-3-9-19(12,11-22)18(26)27/h1-2,5-8,12H,3-4,9-11H2,(H,26,27)/t12-,19+/m0/s1. The fraction of sp³-hybridized carbons (Fsp3) is 0.368. The van der Waals surface area contributed by atoms with Crippen molar-refractivity contribution in [3.8, 4) is 5.69 Å². The normalized spacial score (nSPS) is 24.0. The first-order valence-electron chi connectivity index (χ1n) is 8.80. The third-order valence-corrected chi connectivity index (χ3v) is 5.68. The summed E-state index contributed by atoms with van der Waals surface area (Å²) in [5, 5.41) is 13.7. The molecule has 1 aliphatic heterocycles. The van der Waals surface area contributed by atoms with Gasteiger partial charge in [0.25, 0.3) is 11.5 Å². The second kappa shape index (κ2) is 6.29. The number of amides is 1. The van der Waals surface area contributed by atoms with Gasteiger partial charge >= 0.3 is 5.97 Å². The molecule has 1 saturated heterocycles. The molecule has 140 valence electrons. The number of fused-ring (bicyclic) bond motifs is 1.